The van der Waals surface area contributed by atoms with E-state index in [2.05, 4.69) is 24.5 Å². The van der Waals surface area contributed by atoms with Crippen LogP contribution in [0, 0.1) is 0 Å². The molecule has 2 N–H and O–H groups in total. The summed E-state index contributed by atoms with van der Waals surface area (Å²) in [6, 6.07) is 0.120. The number of amides is 2. The van der Waals surface area contributed by atoms with Gasteiger partial charge >= 0.3 is 0 Å². The monoisotopic (exact) mass is 439 g/mol. The zero-order valence-corrected chi connectivity index (χ0v) is 20.5. The minimum absolute atomic E-state index is 0.0218. The first-order chi connectivity index (χ1) is 14.5. The highest BCUT2D eigenvalue weighted by Crippen LogP contribution is 2.39. The van der Waals surface area contributed by atoms with E-state index in [0.29, 0.717) is 12.3 Å². The SMILES string of the molecule is CCCCCCCCCCCC(=O)N1CCC2(CC1)NC(C(=O)NC(C)CC)CS2. The number of rotatable bonds is 13. The standard InChI is InChI=1S/C24H45N3O2S/c1-4-6-7-8-9-10-11-12-13-14-22(28)27-17-15-24(16-18-27)26-21(19-30-24)23(29)25-20(3)5-2/h20-21,26H,4-19H2,1-3H3,(H,25,29). The Labute approximate surface area is 188 Å². The van der Waals surface area contributed by atoms with Crippen molar-refractivity contribution in [2.45, 2.75) is 121 Å². The van der Waals surface area contributed by atoms with Gasteiger partial charge in [0.25, 0.3) is 0 Å². The summed E-state index contributed by atoms with van der Waals surface area (Å²) in [6.07, 6.45) is 15.1. The molecular formula is C24H45N3O2S. The van der Waals surface area contributed by atoms with Crippen LogP contribution in [0.15, 0.2) is 0 Å². The number of carbonyl (C=O) groups is 2. The van der Waals surface area contributed by atoms with E-state index in [1.165, 1.54) is 51.4 Å². The van der Waals surface area contributed by atoms with Crippen molar-refractivity contribution < 1.29 is 9.59 Å². The highest BCUT2D eigenvalue weighted by Gasteiger charge is 2.44. The van der Waals surface area contributed by atoms with Crippen LogP contribution in [0.4, 0.5) is 0 Å². The van der Waals surface area contributed by atoms with Crippen LogP contribution in [0.2, 0.25) is 0 Å². The predicted octanol–water partition coefficient (Wildman–Crippen LogP) is 4.85. The summed E-state index contributed by atoms with van der Waals surface area (Å²) < 4.78 is 0. The molecule has 2 aliphatic rings. The third-order valence-electron chi connectivity index (χ3n) is 6.70. The topological polar surface area (TPSA) is 61.4 Å². The van der Waals surface area contributed by atoms with Crippen LogP contribution >= 0.6 is 11.8 Å². The zero-order valence-electron chi connectivity index (χ0n) is 19.6. The second-order valence-corrected chi connectivity index (χ2v) is 10.7. The van der Waals surface area contributed by atoms with Gasteiger partial charge in [-0.3, -0.25) is 14.9 Å². The van der Waals surface area contributed by atoms with Gasteiger partial charge in [-0.2, -0.15) is 0 Å². The second kappa shape index (κ2) is 13.6. The van der Waals surface area contributed by atoms with E-state index in [9.17, 15) is 9.59 Å². The number of nitrogens with zero attached hydrogens (tertiary/aromatic N) is 1. The fraction of sp³-hybridized carbons (Fsp3) is 0.917. The van der Waals surface area contributed by atoms with Crippen molar-refractivity contribution in [2.75, 3.05) is 18.8 Å². The fourth-order valence-electron chi connectivity index (χ4n) is 4.38. The lowest BCUT2D eigenvalue weighted by atomic mass is 10.0. The van der Waals surface area contributed by atoms with Crippen molar-refractivity contribution >= 4 is 23.6 Å². The minimum Gasteiger partial charge on any atom is -0.352 e. The quantitative estimate of drug-likeness (QED) is 0.403. The van der Waals surface area contributed by atoms with Gasteiger partial charge in [0, 0.05) is 31.3 Å². The van der Waals surface area contributed by atoms with Gasteiger partial charge < -0.3 is 10.2 Å². The first-order valence-corrected chi connectivity index (χ1v) is 13.5. The highest BCUT2D eigenvalue weighted by atomic mass is 32.2. The molecule has 0 radical (unpaired) electrons. The Bertz CT molecular complexity index is 521. The van der Waals surface area contributed by atoms with Crippen molar-refractivity contribution in [3.05, 3.63) is 0 Å². The molecule has 2 amide bonds. The molecule has 2 aliphatic heterocycles. The molecule has 0 aliphatic carbocycles. The normalized spacial score (nSPS) is 21.7. The fourth-order valence-corrected chi connectivity index (χ4v) is 5.80. The average molecular weight is 440 g/mol. The lowest BCUT2D eigenvalue weighted by Gasteiger charge is -2.39. The molecule has 6 heteroatoms. The van der Waals surface area contributed by atoms with Crippen LogP contribution in [0.1, 0.15) is 104 Å². The lowest BCUT2D eigenvalue weighted by Crippen LogP contribution is -2.55. The molecule has 0 aromatic rings. The van der Waals surface area contributed by atoms with E-state index in [0.717, 1.165) is 44.5 Å². The average Bonchev–Trinajstić information content (AvgIpc) is 3.16. The van der Waals surface area contributed by atoms with Crippen LogP contribution < -0.4 is 10.6 Å². The van der Waals surface area contributed by atoms with Crippen LogP contribution in [-0.4, -0.2) is 52.5 Å². The maximum Gasteiger partial charge on any atom is 0.238 e. The van der Waals surface area contributed by atoms with Crippen LogP contribution in [0.3, 0.4) is 0 Å². The largest absolute Gasteiger partial charge is 0.352 e. The summed E-state index contributed by atoms with van der Waals surface area (Å²) in [6.45, 7) is 8.02. The van der Waals surface area contributed by atoms with Crippen molar-refractivity contribution in [2.24, 2.45) is 0 Å². The van der Waals surface area contributed by atoms with E-state index in [1.807, 2.05) is 23.6 Å². The predicted molar refractivity (Wildman–Crippen MR) is 128 cm³/mol. The summed E-state index contributed by atoms with van der Waals surface area (Å²) in [5, 5.41) is 6.68. The van der Waals surface area contributed by atoms with Crippen LogP contribution in [0.5, 0.6) is 0 Å². The number of unbranched alkanes of at least 4 members (excludes halogenated alkanes) is 8. The number of hydrogen-bond acceptors (Lipinski definition) is 4. The number of hydrogen-bond donors (Lipinski definition) is 2. The first-order valence-electron chi connectivity index (χ1n) is 12.5. The smallest absolute Gasteiger partial charge is 0.238 e. The molecular weight excluding hydrogens is 394 g/mol. The number of nitrogens with one attached hydrogen (secondary N) is 2. The Kier molecular flexibility index (Phi) is 11.6. The third-order valence-corrected chi connectivity index (χ3v) is 8.28. The van der Waals surface area contributed by atoms with Crippen molar-refractivity contribution in [1.29, 1.82) is 0 Å². The molecule has 0 aromatic heterocycles. The van der Waals surface area contributed by atoms with Gasteiger partial charge in [-0.25, -0.2) is 0 Å². The third kappa shape index (κ3) is 8.41. The van der Waals surface area contributed by atoms with Crippen molar-refractivity contribution in [3.63, 3.8) is 0 Å². The zero-order chi connectivity index (χ0) is 21.8. The van der Waals surface area contributed by atoms with Gasteiger partial charge in [-0.1, -0.05) is 65.2 Å². The summed E-state index contributed by atoms with van der Waals surface area (Å²) in [5.74, 6) is 1.27. The Balaban J connectivity index is 1.58. The lowest BCUT2D eigenvalue weighted by molar-refractivity contribution is -0.133. The molecule has 2 saturated heterocycles. The van der Waals surface area contributed by atoms with E-state index in [1.54, 1.807) is 0 Å². The molecule has 174 valence electrons. The van der Waals surface area contributed by atoms with Crippen LogP contribution in [0.25, 0.3) is 0 Å². The number of carbonyl (C=O) groups excluding carboxylic acids is 2. The maximum atomic E-state index is 12.6. The molecule has 2 atom stereocenters. The Morgan fingerprint density at radius 1 is 1.03 bits per heavy atom. The van der Waals surface area contributed by atoms with Gasteiger partial charge in [0.15, 0.2) is 0 Å². The molecule has 5 nitrogen and oxygen atoms in total. The van der Waals surface area contributed by atoms with Gasteiger partial charge in [0.05, 0.1) is 10.9 Å². The highest BCUT2D eigenvalue weighted by molar-refractivity contribution is 8.01. The molecule has 2 fully saturated rings. The Morgan fingerprint density at radius 2 is 1.63 bits per heavy atom. The number of likely N-dealkylation sites (tertiary alicyclic amines) is 1. The first kappa shape index (κ1) is 25.5. The van der Waals surface area contributed by atoms with Gasteiger partial charge in [0.2, 0.25) is 11.8 Å². The Morgan fingerprint density at radius 3 is 2.23 bits per heavy atom. The maximum absolute atomic E-state index is 12.6. The van der Waals surface area contributed by atoms with E-state index >= 15 is 0 Å². The molecule has 2 unspecified atom stereocenters. The molecule has 2 rings (SSSR count). The molecule has 0 bridgehead atoms. The van der Waals surface area contributed by atoms with Crippen molar-refractivity contribution in [1.82, 2.24) is 15.5 Å². The van der Waals surface area contributed by atoms with Gasteiger partial charge in [-0.15, -0.1) is 11.8 Å². The molecule has 30 heavy (non-hydrogen) atoms. The summed E-state index contributed by atoms with van der Waals surface area (Å²) in [4.78, 5) is 27.0. The summed E-state index contributed by atoms with van der Waals surface area (Å²) >= 11 is 1.87. The molecule has 1 spiro atoms. The number of piperidine rings is 1. The molecule has 2 heterocycles. The van der Waals surface area contributed by atoms with E-state index in [-0.39, 0.29) is 22.9 Å². The van der Waals surface area contributed by atoms with Crippen molar-refractivity contribution in [3.8, 4) is 0 Å². The molecule has 0 aromatic carbocycles. The summed E-state index contributed by atoms with van der Waals surface area (Å²) in [5.41, 5.74) is 0. The Hall–Kier alpha value is -0.750. The minimum atomic E-state index is -0.103. The van der Waals surface area contributed by atoms with Crippen LogP contribution in [-0.2, 0) is 9.59 Å². The molecule has 0 saturated carbocycles. The van der Waals surface area contributed by atoms with E-state index < -0.39 is 0 Å². The summed E-state index contributed by atoms with van der Waals surface area (Å²) in [7, 11) is 0. The number of thioether (sulfide) groups is 1. The van der Waals surface area contributed by atoms with Gasteiger partial charge in [0.1, 0.15) is 0 Å². The van der Waals surface area contributed by atoms with Gasteiger partial charge in [-0.05, 0) is 32.6 Å². The second-order valence-electron chi connectivity index (χ2n) is 9.28. The van der Waals surface area contributed by atoms with E-state index in [4.69, 9.17) is 0 Å².